The van der Waals surface area contributed by atoms with Gasteiger partial charge in [-0.2, -0.15) is 5.26 Å². The molecule has 2 aromatic carbocycles. The van der Waals surface area contributed by atoms with E-state index in [9.17, 15) is 10.1 Å². The van der Waals surface area contributed by atoms with E-state index in [0.717, 1.165) is 27.8 Å². The fourth-order valence-electron chi connectivity index (χ4n) is 4.05. The Morgan fingerprint density at radius 3 is 2.77 bits per heavy atom. The molecule has 0 spiro atoms. The highest BCUT2D eigenvalue weighted by molar-refractivity contribution is 6.04. The summed E-state index contributed by atoms with van der Waals surface area (Å²) >= 11 is 0. The van der Waals surface area contributed by atoms with Gasteiger partial charge in [-0.05, 0) is 54.3 Å². The van der Waals surface area contributed by atoms with Crippen LogP contribution in [0.3, 0.4) is 0 Å². The Kier molecular flexibility index (Phi) is 7.37. The van der Waals surface area contributed by atoms with E-state index in [1.807, 2.05) is 36.5 Å². The summed E-state index contributed by atoms with van der Waals surface area (Å²) < 4.78 is 13.5. The van der Waals surface area contributed by atoms with E-state index in [1.165, 1.54) is 5.56 Å². The number of carbonyl (C=O) groups is 1. The number of furan rings is 1. The Balaban J connectivity index is 1.53. The molecule has 0 unspecified atom stereocenters. The molecule has 1 N–H and O–H groups in total. The summed E-state index contributed by atoms with van der Waals surface area (Å²) in [5.74, 6) is 1.47. The van der Waals surface area contributed by atoms with E-state index in [-0.39, 0.29) is 12.1 Å². The number of hydrogen-bond acceptors (Lipinski definition) is 4. The summed E-state index contributed by atoms with van der Waals surface area (Å²) in [5, 5.41) is 13.3. The molecule has 1 amide bonds. The maximum Gasteiger partial charge on any atom is 0.262 e. The lowest BCUT2D eigenvalue weighted by molar-refractivity contribution is -0.117. The number of para-hydroxylation sites is 1. The largest absolute Gasteiger partial charge is 0.491 e. The molecule has 0 saturated carbocycles. The first-order chi connectivity index (χ1) is 17.0. The molecule has 6 nitrogen and oxygen atoms in total. The zero-order valence-electron chi connectivity index (χ0n) is 20.2. The lowest BCUT2D eigenvalue weighted by Crippen LogP contribution is -2.23. The van der Waals surface area contributed by atoms with Crippen molar-refractivity contribution in [1.29, 1.82) is 5.26 Å². The average molecular weight is 468 g/mol. The van der Waals surface area contributed by atoms with Gasteiger partial charge in [0.05, 0.1) is 19.4 Å². The van der Waals surface area contributed by atoms with Crippen LogP contribution in [0, 0.1) is 18.3 Å². The summed E-state index contributed by atoms with van der Waals surface area (Å²) in [5.41, 5.74) is 4.22. The van der Waals surface area contributed by atoms with Gasteiger partial charge in [0.25, 0.3) is 5.91 Å². The number of benzene rings is 2. The molecule has 4 rings (SSSR count). The number of aryl methyl sites for hydroxylation is 1. The third kappa shape index (κ3) is 5.64. The molecule has 2 aromatic heterocycles. The highest BCUT2D eigenvalue weighted by Crippen LogP contribution is 2.28. The highest BCUT2D eigenvalue weighted by atomic mass is 16.5. The number of nitriles is 1. The van der Waals surface area contributed by atoms with Crippen LogP contribution in [0.4, 0.5) is 0 Å². The standard InChI is InChI=1S/C29H29N3O3/c1-20(2)25-11-10-21(3)15-28(25)35-14-12-32-19-23(26-8-4-5-9-27(26)32)16-22(17-30)29(33)31-18-24-7-6-13-34-24/h4-11,13,15-16,19-20H,12,14,18H2,1-3H3,(H,31,33)/b22-16+. The molecule has 35 heavy (non-hydrogen) atoms. The number of nitrogens with one attached hydrogen (secondary N) is 1. The van der Waals surface area contributed by atoms with Crippen molar-refractivity contribution in [3.8, 4) is 11.8 Å². The molecule has 178 valence electrons. The van der Waals surface area contributed by atoms with Crippen molar-refractivity contribution in [2.24, 2.45) is 0 Å². The minimum absolute atomic E-state index is 0.0389. The van der Waals surface area contributed by atoms with Gasteiger partial charge in [0.2, 0.25) is 0 Å². The number of amides is 1. The lowest BCUT2D eigenvalue weighted by atomic mass is 10.0. The van der Waals surface area contributed by atoms with Crippen molar-refractivity contribution in [2.75, 3.05) is 6.61 Å². The maximum absolute atomic E-state index is 12.6. The normalized spacial score (nSPS) is 11.6. The van der Waals surface area contributed by atoms with Crippen LogP contribution in [0.5, 0.6) is 5.75 Å². The molecule has 4 aromatic rings. The van der Waals surface area contributed by atoms with Crippen molar-refractivity contribution >= 4 is 22.9 Å². The topological polar surface area (TPSA) is 80.2 Å². The van der Waals surface area contributed by atoms with E-state index in [4.69, 9.17) is 9.15 Å². The Hall–Kier alpha value is -4.24. The van der Waals surface area contributed by atoms with Gasteiger partial charge in [-0.15, -0.1) is 0 Å². The predicted molar refractivity (Wildman–Crippen MR) is 137 cm³/mol. The van der Waals surface area contributed by atoms with Gasteiger partial charge in [0.1, 0.15) is 29.8 Å². The van der Waals surface area contributed by atoms with Gasteiger partial charge in [0, 0.05) is 22.7 Å². The van der Waals surface area contributed by atoms with Crippen LogP contribution >= 0.6 is 0 Å². The Bertz CT molecular complexity index is 1390. The van der Waals surface area contributed by atoms with E-state index in [0.29, 0.717) is 24.8 Å². The maximum atomic E-state index is 12.6. The molecule has 0 aliphatic carbocycles. The number of nitrogens with zero attached hydrogens (tertiary/aromatic N) is 2. The first-order valence-electron chi connectivity index (χ1n) is 11.7. The van der Waals surface area contributed by atoms with Gasteiger partial charge in [-0.1, -0.05) is 44.2 Å². The van der Waals surface area contributed by atoms with E-state index < -0.39 is 5.91 Å². The molecule has 2 heterocycles. The minimum Gasteiger partial charge on any atom is -0.491 e. The van der Waals surface area contributed by atoms with Crippen LogP contribution in [0.1, 0.15) is 42.2 Å². The number of fused-ring (bicyclic) bond motifs is 1. The van der Waals surface area contributed by atoms with Crippen LogP contribution in [-0.4, -0.2) is 17.1 Å². The second-order valence-corrected chi connectivity index (χ2v) is 8.77. The van der Waals surface area contributed by atoms with Crippen molar-refractivity contribution in [2.45, 2.75) is 39.8 Å². The second kappa shape index (κ2) is 10.8. The number of ether oxygens (including phenoxy) is 1. The van der Waals surface area contributed by atoms with E-state index in [2.05, 4.69) is 48.9 Å². The fraction of sp³-hybridized carbons (Fsp3) is 0.241. The minimum atomic E-state index is -0.440. The summed E-state index contributed by atoms with van der Waals surface area (Å²) in [7, 11) is 0. The van der Waals surface area contributed by atoms with E-state index in [1.54, 1.807) is 24.5 Å². The Morgan fingerprint density at radius 1 is 1.20 bits per heavy atom. The zero-order chi connectivity index (χ0) is 24.8. The SMILES string of the molecule is Cc1ccc(C(C)C)c(OCCn2cc(/C=C(\C#N)C(=O)NCc3ccco3)c3ccccc32)c1. The Labute approximate surface area is 205 Å². The third-order valence-electron chi connectivity index (χ3n) is 5.87. The lowest BCUT2D eigenvalue weighted by Gasteiger charge is -2.15. The fourth-order valence-corrected chi connectivity index (χ4v) is 4.05. The third-order valence-corrected chi connectivity index (χ3v) is 5.87. The number of hydrogen-bond donors (Lipinski definition) is 1. The van der Waals surface area contributed by atoms with Crippen LogP contribution in [0.25, 0.3) is 17.0 Å². The molecule has 0 aliphatic heterocycles. The second-order valence-electron chi connectivity index (χ2n) is 8.77. The van der Waals surface area contributed by atoms with E-state index >= 15 is 0 Å². The van der Waals surface area contributed by atoms with Crippen LogP contribution in [0.2, 0.25) is 0 Å². The van der Waals surface area contributed by atoms with Gasteiger partial charge < -0.3 is 19.0 Å². The molecule has 0 aliphatic rings. The molecule has 0 bridgehead atoms. The predicted octanol–water partition coefficient (Wildman–Crippen LogP) is 5.97. The summed E-state index contributed by atoms with van der Waals surface area (Å²) in [6.45, 7) is 7.74. The van der Waals surface area contributed by atoms with Gasteiger partial charge in [-0.25, -0.2) is 0 Å². The van der Waals surface area contributed by atoms with Gasteiger partial charge in [-0.3, -0.25) is 4.79 Å². The van der Waals surface area contributed by atoms with Gasteiger partial charge in [0.15, 0.2) is 0 Å². The average Bonchev–Trinajstić information content (AvgIpc) is 3.49. The number of aromatic nitrogens is 1. The van der Waals surface area contributed by atoms with Crippen molar-refractivity contribution in [3.63, 3.8) is 0 Å². The molecular formula is C29H29N3O3. The van der Waals surface area contributed by atoms with Crippen LogP contribution in [0.15, 0.2) is 77.0 Å². The molecule has 0 radical (unpaired) electrons. The molecular weight excluding hydrogens is 438 g/mol. The molecule has 0 saturated heterocycles. The molecule has 0 fully saturated rings. The number of rotatable bonds is 9. The first-order valence-corrected chi connectivity index (χ1v) is 11.7. The first kappa shape index (κ1) is 23.9. The summed E-state index contributed by atoms with van der Waals surface area (Å²) in [4.78, 5) is 12.6. The molecule has 6 heteroatoms. The van der Waals surface area contributed by atoms with Crippen molar-refractivity contribution in [1.82, 2.24) is 9.88 Å². The quantitative estimate of drug-likeness (QED) is 0.243. The van der Waals surface area contributed by atoms with Crippen molar-refractivity contribution in [3.05, 3.63) is 95.1 Å². The van der Waals surface area contributed by atoms with Crippen LogP contribution in [-0.2, 0) is 17.9 Å². The van der Waals surface area contributed by atoms with Crippen molar-refractivity contribution < 1.29 is 13.9 Å². The Morgan fingerprint density at radius 2 is 2.03 bits per heavy atom. The summed E-state index contributed by atoms with van der Waals surface area (Å²) in [6, 6.07) is 19.8. The molecule has 0 atom stereocenters. The summed E-state index contributed by atoms with van der Waals surface area (Å²) in [6.07, 6.45) is 5.14. The van der Waals surface area contributed by atoms with Crippen LogP contribution < -0.4 is 10.1 Å². The monoisotopic (exact) mass is 467 g/mol. The smallest absolute Gasteiger partial charge is 0.262 e. The number of carbonyl (C=O) groups excluding carboxylic acids is 1. The highest BCUT2D eigenvalue weighted by Gasteiger charge is 2.13. The zero-order valence-corrected chi connectivity index (χ0v) is 20.2. The van der Waals surface area contributed by atoms with Gasteiger partial charge >= 0.3 is 0 Å².